The first kappa shape index (κ1) is 30.0. The smallest absolute Gasteiger partial charge is 0.347 e. The molecule has 210 valence electrons. The Labute approximate surface area is 238 Å². The number of benzene rings is 3. The fourth-order valence-corrected chi connectivity index (χ4v) is 4.24. The molecule has 0 radical (unpaired) electrons. The lowest BCUT2D eigenvalue weighted by molar-refractivity contribution is 0.0598. The molecule has 0 spiro atoms. The molecule has 4 rings (SSSR count). The number of carbonyl (C=O) groups excluding carboxylic acids is 1. The van der Waals surface area contributed by atoms with E-state index in [2.05, 4.69) is 4.98 Å². The van der Waals surface area contributed by atoms with E-state index in [0.29, 0.717) is 24.6 Å². The van der Waals surface area contributed by atoms with E-state index in [0.717, 1.165) is 15.7 Å². The molecule has 0 amide bonds. The number of aromatic hydroxyl groups is 1. The number of aromatic nitrogens is 2. The fourth-order valence-electron chi connectivity index (χ4n) is 3.98. The maximum absolute atomic E-state index is 13.7. The summed E-state index contributed by atoms with van der Waals surface area (Å²) in [4.78, 5) is 32.9. The molecular weight excluding hydrogens is 534 g/mol. The van der Waals surface area contributed by atoms with Gasteiger partial charge >= 0.3 is 5.97 Å². The number of phenols is 1. The summed E-state index contributed by atoms with van der Waals surface area (Å²) in [6.07, 6.45) is 1.24. The Morgan fingerprint density at radius 2 is 1.43 bits per heavy atom. The van der Waals surface area contributed by atoms with Crippen LogP contribution in [0.1, 0.15) is 35.3 Å². The quantitative estimate of drug-likeness (QED) is 0.261. The summed E-state index contributed by atoms with van der Waals surface area (Å²) in [7, 11) is 4.36. The van der Waals surface area contributed by atoms with Gasteiger partial charge < -0.3 is 24.2 Å². The van der Waals surface area contributed by atoms with Gasteiger partial charge in [-0.15, -0.1) is 0 Å². The summed E-state index contributed by atoms with van der Waals surface area (Å²) >= 11 is 6.27. The van der Waals surface area contributed by atoms with Gasteiger partial charge in [-0.1, -0.05) is 55.8 Å². The number of ether oxygens (including phenoxy) is 3. The first-order valence-corrected chi connectivity index (χ1v) is 12.9. The molecule has 3 aromatic carbocycles. The zero-order valence-corrected chi connectivity index (χ0v) is 23.8. The predicted molar refractivity (Wildman–Crippen MR) is 155 cm³/mol. The lowest BCUT2D eigenvalue weighted by atomic mass is 10.1. The van der Waals surface area contributed by atoms with E-state index in [1.165, 1.54) is 25.6 Å². The minimum absolute atomic E-state index is 0.0141. The van der Waals surface area contributed by atoms with E-state index in [-0.39, 0.29) is 27.8 Å². The number of hydrogen-bond acceptors (Lipinski definition) is 8. The number of halogens is 1. The highest BCUT2D eigenvalue weighted by Gasteiger charge is 2.26. The van der Waals surface area contributed by atoms with Crippen LogP contribution in [0.25, 0.3) is 5.69 Å². The summed E-state index contributed by atoms with van der Waals surface area (Å²) in [6.45, 7) is 4.63. The number of carbonyl (C=O) groups is 1. The van der Waals surface area contributed by atoms with Crippen LogP contribution < -0.4 is 19.9 Å². The number of para-hydroxylation sites is 1. The monoisotopic (exact) mass is 565 g/mol. The van der Waals surface area contributed by atoms with Crippen molar-refractivity contribution in [2.75, 3.05) is 26.2 Å². The summed E-state index contributed by atoms with van der Waals surface area (Å²) < 4.78 is 16.5. The second kappa shape index (κ2) is 14.0. The average Bonchev–Trinajstić information content (AvgIpc) is 2.98. The molecule has 0 bridgehead atoms. The SMILES string of the molecule is CC.COC(=O)c1c(N(Cc2ccc(OC)cc2)Cc2ccc(OC)cc2)ncn(-c2c(O)cccc2Cl)c1=O. The number of rotatable bonds is 9. The van der Waals surface area contributed by atoms with Crippen LogP contribution in [0.4, 0.5) is 5.82 Å². The molecule has 10 heteroatoms. The van der Waals surface area contributed by atoms with Crippen molar-refractivity contribution in [1.29, 1.82) is 0 Å². The molecule has 0 aliphatic heterocycles. The number of hydrogen-bond donors (Lipinski definition) is 1. The van der Waals surface area contributed by atoms with Gasteiger partial charge in [0, 0.05) is 13.1 Å². The number of phenolic OH excluding ortho intramolecular Hbond substituents is 1. The Balaban J connectivity index is 0.00000216. The Morgan fingerprint density at radius 3 is 1.88 bits per heavy atom. The lowest BCUT2D eigenvalue weighted by Gasteiger charge is -2.26. The Hall–Kier alpha value is -4.50. The molecule has 0 atom stereocenters. The molecule has 1 N–H and O–H groups in total. The lowest BCUT2D eigenvalue weighted by Crippen LogP contribution is -2.33. The molecule has 0 fully saturated rings. The van der Waals surface area contributed by atoms with Gasteiger partial charge in [0.2, 0.25) is 0 Å². The van der Waals surface area contributed by atoms with Gasteiger partial charge in [0.25, 0.3) is 5.56 Å². The summed E-state index contributed by atoms with van der Waals surface area (Å²) in [5, 5.41) is 10.5. The molecule has 0 saturated carbocycles. The summed E-state index contributed by atoms with van der Waals surface area (Å²) in [6, 6.07) is 19.3. The van der Waals surface area contributed by atoms with Crippen LogP contribution in [0.3, 0.4) is 0 Å². The minimum Gasteiger partial charge on any atom is -0.506 e. The average molecular weight is 566 g/mol. The van der Waals surface area contributed by atoms with Crippen LogP contribution in [0, 0.1) is 0 Å². The van der Waals surface area contributed by atoms with Gasteiger partial charge in [-0.3, -0.25) is 9.36 Å². The molecule has 9 nitrogen and oxygen atoms in total. The van der Waals surface area contributed by atoms with E-state index in [1.54, 1.807) is 25.2 Å². The Kier molecular flexibility index (Phi) is 10.6. The van der Waals surface area contributed by atoms with Gasteiger partial charge in [0.05, 0.1) is 26.4 Å². The normalized spacial score (nSPS) is 10.2. The molecule has 4 aromatic rings. The third-order valence-electron chi connectivity index (χ3n) is 5.91. The maximum atomic E-state index is 13.7. The molecule has 0 aliphatic carbocycles. The Bertz CT molecular complexity index is 1420. The van der Waals surface area contributed by atoms with Crippen LogP contribution in [-0.4, -0.2) is 42.0 Å². The van der Waals surface area contributed by atoms with E-state index >= 15 is 0 Å². The van der Waals surface area contributed by atoms with Gasteiger partial charge in [0.1, 0.15) is 29.3 Å². The van der Waals surface area contributed by atoms with Crippen molar-refractivity contribution < 1.29 is 24.1 Å². The van der Waals surface area contributed by atoms with Crippen LogP contribution in [0.2, 0.25) is 5.02 Å². The largest absolute Gasteiger partial charge is 0.506 e. The second-order valence-corrected chi connectivity index (χ2v) is 8.68. The highest BCUT2D eigenvalue weighted by molar-refractivity contribution is 6.32. The van der Waals surface area contributed by atoms with Crippen molar-refractivity contribution in [3.63, 3.8) is 0 Å². The van der Waals surface area contributed by atoms with Crippen molar-refractivity contribution in [2.45, 2.75) is 26.9 Å². The molecule has 0 unspecified atom stereocenters. The first-order valence-electron chi connectivity index (χ1n) is 12.5. The molecule has 1 heterocycles. The topological polar surface area (TPSA) is 103 Å². The molecule has 0 aliphatic rings. The van der Waals surface area contributed by atoms with E-state index < -0.39 is 11.5 Å². The zero-order chi connectivity index (χ0) is 29.2. The second-order valence-electron chi connectivity index (χ2n) is 8.27. The molecule has 1 aromatic heterocycles. The molecule has 0 saturated heterocycles. The minimum atomic E-state index is -0.868. The van der Waals surface area contributed by atoms with Gasteiger partial charge in [-0.2, -0.15) is 0 Å². The highest BCUT2D eigenvalue weighted by atomic mass is 35.5. The summed E-state index contributed by atoms with van der Waals surface area (Å²) in [5.74, 6) is 0.416. The van der Waals surface area contributed by atoms with Crippen LogP contribution in [-0.2, 0) is 17.8 Å². The van der Waals surface area contributed by atoms with Gasteiger partial charge in [-0.25, -0.2) is 9.78 Å². The standard InChI is InChI=1S/C28H26ClN3O6.C2H6/c1-36-20-11-7-18(8-12-20)15-31(16-19-9-13-21(37-2)14-10-19)26-24(28(35)38-3)27(34)32(17-30-26)25-22(29)5-4-6-23(25)33;1-2/h4-14,17,33H,15-16H2,1-3H3;1-2H3. The molecule has 40 heavy (non-hydrogen) atoms. The van der Waals surface area contributed by atoms with Crippen molar-refractivity contribution in [3.8, 4) is 22.9 Å². The summed E-state index contributed by atoms with van der Waals surface area (Å²) in [5.41, 5.74) is 0.769. The maximum Gasteiger partial charge on any atom is 0.347 e. The number of methoxy groups -OCH3 is 3. The Morgan fingerprint density at radius 1 is 0.900 bits per heavy atom. The highest BCUT2D eigenvalue weighted by Crippen LogP contribution is 2.30. The van der Waals surface area contributed by atoms with Gasteiger partial charge in [-0.05, 0) is 47.5 Å². The van der Waals surface area contributed by atoms with Crippen molar-refractivity contribution in [1.82, 2.24) is 9.55 Å². The third-order valence-corrected chi connectivity index (χ3v) is 6.22. The first-order chi connectivity index (χ1) is 19.4. The van der Waals surface area contributed by atoms with Gasteiger partial charge in [0.15, 0.2) is 11.4 Å². The van der Waals surface area contributed by atoms with Crippen LogP contribution in [0.15, 0.2) is 77.9 Å². The van der Waals surface area contributed by atoms with Crippen LogP contribution >= 0.6 is 11.6 Å². The van der Waals surface area contributed by atoms with E-state index in [4.69, 9.17) is 25.8 Å². The van der Waals surface area contributed by atoms with E-state index in [1.807, 2.05) is 62.4 Å². The van der Waals surface area contributed by atoms with Crippen molar-refractivity contribution in [3.05, 3.63) is 105 Å². The zero-order valence-electron chi connectivity index (χ0n) is 23.1. The molecular formula is C30H32ClN3O6. The third kappa shape index (κ3) is 6.73. The predicted octanol–water partition coefficient (Wildman–Crippen LogP) is 5.63. The number of esters is 1. The fraction of sp³-hybridized carbons (Fsp3) is 0.233. The van der Waals surface area contributed by atoms with Crippen molar-refractivity contribution in [2.24, 2.45) is 0 Å². The van der Waals surface area contributed by atoms with E-state index in [9.17, 15) is 14.7 Å². The van der Waals surface area contributed by atoms with Crippen LogP contribution in [0.5, 0.6) is 17.2 Å². The van der Waals surface area contributed by atoms with Crippen molar-refractivity contribution >= 4 is 23.4 Å². The number of anilines is 1. The number of nitrogens with zero attached hydrogens (tertiary/aromatic N) is 3.